The molecule has 0 bridgehead atoms. The third-order valence-corrected chi connectivity index (χ3v) is 8.31. The number of carbonyl (C=O) groups is 1. The van der Waals surface area contributed by atoms with Crippen molar-refractivity contribution in [3.05, 3.63) is 71.5 Å². The van der Waals surface area contributed by atoms with Gasteiger partial charge in [-0.1, -0.05) is 59.0 Å². The van der Waals surface area contributed by atoms with Crippen molar-refractivity contribution in [3.8, 4) is 0 Å². The number of amides is 1. The number of alkyl halides is 1. The lowest BCUT2D eigenvalue weighted by Crippen LogP contribution is -2.32. The van der Waals surface area contributed by atoms with Crippen LogP contribution in [-0.4, -0.2) is 22.0 Å². The number of rotatable bonds is 2. The molecule has 0 saturated carbocycles. The molecule has 28 heavy (non-hydrogen) atoms. The molecule has 4 aromatic rings. The second-order valence-corrected chi connectivity index (χ2v) is 9.62. The predicted molar refractivity (Wildman–Crippen MR) is 120 cm³/mol. The van der Waals surface area contributed by atoms with Crippen molar-refractivity contribution in [1.29, 1.82) is 0 Å². The Bertz CT molecular complexity index is 1250. The molecule has 0 aliphatic carbocycles. The molecular formula is C23H20IN3O. The average Bonchev–Trinajstić information content (AvgIpc) is 3.39. The Morgan fingerprint density at radius 2 is 1.96 bits per heavy atom. The highest BCUT2D eigenvalue weighted by Gasteiger charge is 2.52. The van der Waals surface area contributed by atoms with Gasteiger partial charge in [-0.3, -0.25) is 4.79 Å². The molecule has 2 aliphatic heterocycles. The first-order valence-electron chi connectivity index (χ1n) is 9.82. The van der Waals surface area contributed by atoms with Gasteiger partial charge in [-0.2, -0.15) is 0 Å². The molecular weight excluding hydrogens is 461 g/mol. The lowest BCUT2D eigenvalue weighted by Gasteiger charge is -2.26. The highest BCUT2D eigenvalue weighted by molar-refractivity contribution is 14.1. The molecule has 2 aliphatic rings. The van der Waals surface area contributed by atoms with Crippen LogP contribution in [0.2, 0.25) is 0 Å². The van der Waals surface area contributed by atoms with E-state index in [1.54, 1.807) is 0 Å². The van der Waals surface area contributed by atoms with Gasteiger partial charge in [0.2, 0.25) is 5.91 Å². The minimum Gasteiger partial charge on any atom is -0.361 e. The third-order valence-electron chi connectivity index (χ3n) is 6.49. The number of para-hydroxylation sites is 2. The van der Waals surface area contributed by atoms with Gasteiger partial charge < -0.3 is 14.9 Å². The largest absolute Gasteiger partial charge is 0.361 e. The summed E-state index contributed by atoms with van der Waals surface area (Å²) in [6, 6.07) is 14.9. The van der Waals surface area contributed by atoms with E-state index in [0.29, 0.717) is 6.54 Å². The number of benzene rings is 2. The average molecular weight is 481 g/mol. The molecule has 2 N–H and O–H groups in total. The van der Waals surface area contributed by atoms with Crippen molar-refractivity contribution >= 4 is 50.3 Å². The molecule has 5 heteroatoms. The van der Waals surface area contributed by atoms with E-state index in [1.807, 2.05) is 18.3 Å². The number of fused-ring (bicyclic) bond motifs is 1. The zero-order valence-electron chi connectivity index (χ0n) is 15.3. The molecule has 2 atom stereocenters. The predicted octanol–water partition coefficient (Wildman–Crippen LogP) is 4.61. The zero-order chi connectivity index (χ0) is 18.9. The number of aromatic nitrogens is 2. The summed E-state index contributed by atoms with van der Waals surface area (Å²) in [4.78, 5) is 16.5. The van der Waals surface area contributed by atoms with Crippen LogP contribution in [0.25, 0.3) is 21.8 Å². The van der Waals surface area contributed by atoms with Crippen LogP contribution in [0.15, 0.2) is 54.9 Å². The number of aryl methyl sites for hydroxylation is 2. The summed E-state index contributed by atoms with van der Waals surface area (Å²) in [6.07, 6.45) is 6.65. The molecule has 6 rings (SSSR count). The van der Waals surface area contributed by atoms with Gasteiger partial charge in [0.05, 0.1) is 5.52 Å². The van der Waals surface area contributed by atoms with E-state index in [-0.39, 0.29) is 11.8 Å². The van der Waals surface area contributed by atoms with Crippen molar-refractivity contribution in [2.24, 2.45) is 0 Å². The maximum absolute atomic E-state index is 13.2. The Hall–Kier alpha value is -2.28. The van der Waals surface area contributed by atoms with Crippen LogP contribution in [0.3, 0.4) is 0 Å². The van der Waals surface area contributed by atoms with E-state index >= 15 is 0 Å². The van der Waals surface area contributed by atoms with Gasteiger partial charge in [0, 0.05) is 53.3 Å². The van der Waals surface area contributed by atoms with Crippen molar-refractivity contribution in [2.45, 2.75) is 28.7 Å². The van der Waals surface area contributed by atoms with Gasteiger partial charge in [0.25, 0.3) is 0 Å². The van der Waals surface area contributed by atoms with Gasteiger partial charge in [-0.25, -0.2) is 0 Å². The Balaban J connectivity index is 1.59. The maximum Gasteiger partial charge on any atom is 0.241 e. The first kappa shape index (κ1) is 16.7. The van der Waals surface area contributed by atoms with Crippen LogP contribution < -0.4 is 5.32 Å². The van der Waals surface area contributed by atoms with Gasteiger partial charge in [0.15, 0.2) is 0 Å². The molecule has 1 fully saturated rings. The molecule has 1 amide bonds. The van der Waals surface area contributed by atoms with Crippen LogP contribution in [0.1, 0.15) is 29.0 Å². The molecule has 0 radical (unpaired) electrons. The summed E-state index contributed by atoms with van der Waals surface area (Å²) in [7, 11) is 0. The van der Waals surface area contributed by atoms with Crippen molar-refractivity contribution in [1.82, 2.24) is 14.9 Å². The Morgan fingerprint density at radius 3 is 2.89 bits per heavy atom. The number of H-pyrrole nitrogens is 1. The fourth-order valence-electron chi connectivity index (χ4n) is 5.19. The molecule has 4 heterocycles. The van der Waals surface area contributed by atoms with Crippen molar-refractivity contribution in [2.75, 3.05) is 6.54 Å². The highest BCUT2D eigenvalue weighted by Crippen LogP contribution is 2.52. The number of aromatic amines is 1. The molecule has 2 aromatic heterocycles. The summed E-state index contributed by atoms with van der Waals surface area (Å²) in [5.74, 6) is 0.201. The summed E-state index contributed by atoms with van der Waals surface area (Å²) in [6.45, 7) is 1.73. The van der Waals surface area contributed by atoms with Gasteiger partial charge in [-0.05, 0) is 30.0 Å². The standard InChI is InChI=1S/C23H20IN3O/c24-23(18-11-25-20-9-2-1-7-16(18)20)19(12-26-22(23)28)17-13-27-10-4-6-14-5-3-8-15(17)21(14)27/h1-3,5,7-9,11,13,19,25H,4,6,10,12H2,(H,26,28)/t19-,23+/m0/s1. The summed E-state index contributed by atoms with van der Waals surface area (Å²) in [5, 5.41) is 5.60. The van der Waals surface area contributed by atoms with E-state index in [0.717, 1.165) is 29.4 Å². The van der Waals surface area contributed by atoms with Crippen LogP contribution in [0, 0.1) is 0 Å². The lowest BCUT2D eigenvalue weighted by atomic mass is 9.83. The van der Waals surface area contributed by atoms with Crippen LogP contribution in [0.5, 0.6) is 0 Å². The second kappa shape index (κ2) is 5.86. The SMILES string of the molecule is O=C1NC[C@@H](c2cn3c4c(cccc24)CCC3)[C@]1(I)c1c[nH]c2ccccc12. The van der Waals surface area contributed by atoms with E-state index in [4.69, 9.17) is 0 Å². The molecule has 0 spiro atoms. The number of hydrogen-bond donors (Lipinski definition) is 2. The fourth-order valence-corrected chi connectivity index (χ4v) is 6.38. The van der Waals surface area contributed by atoms with Crippen molar-refractivity contribution < 1.29 is 4.79 Å². The molecule has 4 nitrogen and oxygen atoms in total. The first-order chi connectivity index (χ1) is 13.7. The number of carbonyl (C=O) groups excluding carboxylic acids is 1. The van der Waals surface area contributed by atoms with Gasteiger partial charge in [-0.15, -0.1) is 0 Å². The van der Waals surface area contributed by atoms with E-state index < -0.39 is 3.42 Å². The molecule has 2 aromatic carbocycles. The van der Waals surface area contributed by atoms with Crippen molar-refractivity contribution in [3.63, 3.8) is 0 Å². The topological polar surface area (TPSA) is 49.8 Å². The second-order valence-electron chi connectivity index (χ2n) is 7.92. The zero-order valence-corrected chi connectivity index (χ0v) is 17.5. The monoisotopic (exact) mass is 481 g/mol. The van der Waals surface area contributed by atoms with Crippen LogP contribution >= 0.6 is 22.6 Å². The third kappa shape index (κ3) is 2.08. The van der Waals surface area contributed by atoms with E-state index in [2.05, 4.69) is 74.0 Å². The summed E-state index contributed by atoms with van der Waals surface area (Å²) in [5.41, 5.74) is 6.24. The minimum atomic E-state index is -0.624. The number of nitrogens with zero attached hydrogens (tertiary/aromatic N) is 1. The molecule has 0 unspecified atom stereocenters. The minimum absolute atomic E-state index is 0.0944. The quantitative estimate of drug-likeness (QED) is 0.319. The van der Waals surface area contributed by atoms with E-state index in [9.17, 15) is 4.79 Å². The Kier molecular flexibility index (Phi) is 3.49. The molecule has 1 saturated heterocycles. The van der Waals surface area contributed by atoms with Crippen LogP contribution in [-0.2, 0) is 21.2 Å². The summed E-state index contributed by atoms with van der Waals surface area (Å²) >= 11 is 2.40. The number of hydrogen-bond acceptors (Lipinski definition) is 1. The smallest absolute Gasteiger partial charge is 0.241 e. The lowest BCUT2D eigenvalue weighted by molar-refractivity contribution is -0.121. The molecule has 140 valence electrons. The Morgan fingerprint density at radius 1 is 1.11 bits per heavy atom. The van der Waals surface area contributed by atoms with Gasteiger partial charge >= 0.3 is 0 Å². The number of halogens is 1. The highest BCUT2D eigenvalue weighted by atomic mass is 127. The normalized spacial score (nSPS) is 24.2. The Labute approximate surface area is 176 Å². The fraction of sp³-hybridized carbons (Fsp3) is 0.261. The first-order valence-corrected chi connectivity index (χ1v) is 10.9. The van der Waals surface area contributed by atoms with E-state index in [1.165, 1.54) is 28.5 Å². The van der Waals surface area contributed by atoms with Crippen LogP contribution in [0.4, 0.5) is 0 Å². The maximum atomic E-state index is 13.2. The number of nitrogens with one attached hydrogen (secondary N) is 2. The van der Waals surface area contributed by atoms with Gasteiger partial charge in [0.1, 0.15) is 3.42 Å². The summed E-state index contributed by atoms with van der Waals surface area (Å²) < 4.78 is 1.78.